The number of hydrogen-bond donors (Lipinski definition) is 0. The lowest BCUT2D eigenvalue weighted by Crippen LogP contribution is -1.96. The van der Waals surface area contributed by atoms with Crippen LogP contribution in [0.25, 0.3) is 11.3 Å². The van der Waals surface area contributed by atoms with Crippen molar-refractivity contribution in [2.45, 2.75) is 6.92 Å². The number of nitrogens with zero attached hydrogens (tertiary/aromatic N) is 2. The summed E-state index contributed by atoms with van der Waals surface area (Å²) in [5, 5.41) is 0. The smallest absolute Gasteiger partial charge is 0.232 e. The highest BCUT2D eigenvalue weighted by Gasteiger charge is 2.03. The maximum atomic E-state index is 13.0. The Labute approximate surface area is 92.9 Å². The molecule has 0 fully saturated rings. The fraction of sp³-hybridized carbons (Fsp3) is 0.167. The average Bonchev–Trinajstić information content (AvgIpc) is 2.30. The second-order valence-corrected chi connectivity index (χ2v) is 3.19. The van der Waals surface area contributed by atoms with E-state index < -0.39 is 0 Å². The molecule has 0 N–H and O–H groups in total. The fourth-order valence-corrected chi connectivity index (χ4v) is 1.35. The number of hydrogen-bond acceptors (Lipinski definition) is 3. The zero-order chi connectivity index (χ0) is 11.4. The van der Waals surface area contributed by atoms with Crippen LogP contribution in [0.5, 0.6) is 5.88 Å². The molecule has 0 unspecified atom stereocenters. The minimum Gasteiger partial charge on any atom is -0.477 e. The third-order valence-corrected chi connectivity index (χ3v) is 2.03. The van der Waals surface area contributed by atoms with Crippen LogP contribution in [0.1, 0.15) is 6.92 Å². The molecule has 0 saturated heterocycles. The van der Waals surface area contributed by atoms with Gasteiger partial charge in [0, 0.05) is 5.56 Å². The largest absolute Gasteiger partial charge is 0.477 e. The summed E-state index contributed by atoms with van der Waals surface area (Å²) in [6.45, 7) is 2.40. The van der Waals surface area contributed by atoms with Gasteiger partial charge < -0.3 is 4.74 Å². The molecule has 4 heteroatoms. The van der Waals surface area contributed by atoms with Gasteiger partial charge in [-0.25, -0.2) is 9.37 Å². The average molecular weight is 218 g/mol. The van der Waals surface area contributed by atoms with Gasteiger partial charge in [0.05, 0.1) is 24.7 Å². The Kier molecular flexibility index (Phi) is 3.10. The highest BCUT2D eigenvalue weighted by atomic mass is 19.1. The van der Waals surface area contributed by atoms with Crippen LogP contribution in [0.4, 0.5) is 4.39 Å². The summed E-state index contributed by atoms with van der Waals surface area (Å²) >= 11 is 0. The topological polar surface area (TPSA) is 35.0 Å². The van der Waals surface area contributed by atoms with Crippen molar-refractivity contribution in [3.8, 4) is 17.1 Å². The molecule has 0 aliphatic rings. The van der Waals surface area contributed by atoms with Crippen molar-refractivity contribution in [2.75, 3.05) is 6.61 Å². The van der Waals surface area contributed by atoms with E-state index >= 15 is 0 Å². The first-order valence-electron chi connectivity index (χ1n) is 5.00. The number of ether oxygens (including phenoxy) is 1. The van der Waals surface area contributed by atoms with E-state index in [1.807, 2.05) is 6.92 Å². The molecule has 0 radical (unpaired) electrons. The van der Waals surface area contributed by atoms with Gasteiger partial charge in [0.15, 0.2) is 0 Å². The third kappa shape index (κ3) is 2.34. The van der Waals surface area contributed by atoms with Crippen LogP contribution in [0.15, 0.2) is 36.7 Å². The van der Waals surface area contributed by atoms with Crippen LogP contribution in [0.3, 0.4) is 0 Å². The van der Waals surface area contributed by atoms with Gasteiger partial charge in [-0.1, -0.05) is 12.1 Å². The second-order valence-electron chi connectivity index (χ2n) is 3.19. The Balaban J connectivity index is 2.36. The molecule has 0 aliphatic carbocycles. The van der Waals surface area contributed by atoms with Crippen molar-refractivity contribution in [3.63, 3.8) is 0 Å². The summed E-state index contributed by atoms with van der Waals surface area (Å²) in [6, 6.07) is 6.23. The Hall–Kier alpha value is -1.97. The highest BCUT2D eigenvalue weighted by molar-refractivity contribution is 5.58. The molecule has 2 aromatic rings. The van der Waals surface area contributed by atoms with Gasteiger partial charge in [0.25, 0.3) is 0 Å². The lowest BCUT2D eigenvalue weighted by atomic mass is 10.1. The van der Waals surface area contributed by atoms with E-state index in [1.54, 1.807) is 18.3 Å². The van der Waals surface area contributed by atoms with Gasteiger partial charge in [0.1, 0.15) is 5.82 Å². The van der Waals surface area contributed by atoms with Crippen LogP contribution in [-0.4, -0.2) is 16.6 Å². The Bertz CT molecular complexity index is 488. The molecule has 1 aromatic carbocycles. The van der Waals surface area contributed by atoms with E-state index in [1.165, 1.54) is 18.3 Å². The molecule has 1 heterocycles. The lowest BCUT2D eigenvalue weighted by Gasteiger charge is -2.04. The summed E-state index contributed by atoms with van der Waals surface area (Å²) in [5.74, 6) is 0.158. The third-order valence-electron chi connectivity index (χ3n) is 2.03. The molecule has 16 heavy (non-hydrogen) atoms. The maximum Gasteiger partial charge on any atom is 0.232 e. The van der Waals surface area contributed by atoms with Crippen LogP contribution in [0.2, 0.25) is 0 Å². The number of aromatic nitrogens is 2. The van der Waals surface area contributed by atoms with E-state index in [2.05, 4.69) is 9.97 Å². The van der Waals surface area contributed by atoms with Crippen LogP contribution >= 0.6 is 0 Å². The van der Waals surface area contributed by atoms with E-state index in [-0.39, 0.29) is 5.82 Å². The Morgan fingerprint density at radius 3 is 2.94 bits per heavy atom. The van der Waals surface area contributed by atoms with E-state index in [4.69, 9.17) is 4.74 Å². The first-order valence-corrected chi connectivity index (χ1v) is 5.00. The van der Waals surface area contributed by atoms with Crippen molar-refractivity contribution >= 4 is 0 Å². The van der Waals surface area contributed by atoms with E-state index in [9.17, 15) is 4.39 Å². The molecule has 0 amide bonds. The number of halogens is 1. The molecule has 0 atom stereocenters. The second kappa shape index (κ2) is 4.70. The monoisotopic (exact) mass is 218 g/mol. The van der Waals surface area contributed by atoms with Crippen LogP contribution < -0.4 is 4.74 Å². The van der Waals surface area contributed by atoms with Crippen molar-refractivity contribution in [1.29, 1.82) is 0 Å². The lowest BCUT2D eigenvalue weighted by molar-refractivity contribution is 0.325. The fourth-order valence-electron chi connectivity index (χ4n) is 1.35. The maximum absolute atomic E-state index is 13.0. The molecule has 0 saturated carbocycles. The van der Waals surface area contributed by atoms with Crippen molar-refractivity contribution in [3.05, 3.63) is 42.5 Å². The predicted molar refractivity (Wildman–Crippen MR) is 58.6 cm³/mol. The van der Waals surface area contributed by atoms with Gasteiger partial charge in [0.2, 0.25) is 5.88 Å². The number of benzene rings is 1. The standard InChI is InChI=1S/C12H11FN2O/c1-2-16-12-8-14-7-11(15-12)9-4-3-5-10(13)6-9/h3-8H,2H2,1H3. The van der Waals surface area contributed by atoms with E-state index in [0.29, 0.717) is 23.7 Å². The molecule has 3 nitrogen and oxygen atoms in total. The Morgan fingerprint density at radius 1 is 1.31 bits per heavy atom. The van der Waals surface area contributed by atoms with Gasteiger partial charge in [-0.15, -0.1) is 0 Å². The minimum absolute atomic E-state index is 0.291. The van der Waals surface area contributed by atoms with Crippen molar-refractivity contribution in [1.82, 2.24) is 9.97 Å². The SMILES string of the molecule is CCOc1cncc(-c2cccc(F)c2)n1. The van der Waals surface area contributed by atoms with Gasteiger partial charge in [-0.3, -0.25) is 4.98 Å². The predicted octanol–water partition coefficient (Wildman–Crippen LogP) is 2.68. The van der Waals surface area contributed by atoms with Crippen molar-refractivity contribution < 1.29 is 9.13 Å². The van der Waals surface area contributed by atoms with Crippen molar-refractivity contribution in [2.24, 2.45) is 0 Å². The zero-order valence-corrected chi connectivity index (χ0v) is 8.85. The van der Waals surface area contributed by atoms with Gasteiger partial charge in [-0.05, 0) is 19.1 Å². The summed E-state index contributed by atoms with van der Waals surface area (Å²) < 4.78 is 18.3. The highest BCUT2D eigenvalue weighted by Crippen LogP contribution is 2.19. The number of rotatable bonds is 3. The summed E-state index contributed by atoms with van der Waals surface area (Å²) in [7, 11) is 0. The van der Waals surface area contributed by atoms with Gasteiger partial charge >= 0.3 is 0 Å². The quantitative estimate of drug-likeness (QED) is 0.794. The molecule has 1 aromatic heterocycles. The Morgan fingerprint density at radius 2 is 2.19 bits per heavy atom. The minimum atomic E-state index is -0.291. The molecule has 0 spiro atoms. The summed E-state index contributed by atoms with van der Waals surface area (Å²) in [4.78, 5) is 8.22. The van der Waals surface area contributed by atoms with Crippen LogP contribution in [-0.2, 0) is 0 Å². The molecular weight excluding hydrogens is 207 g/mol. The first-order chi connectivity index (χ1) is 7.79. The first kappa shape index (κ1) is 10.5. The zero-order valence-electron chi connectivity index (χ0n) is 8.85. The summed E-state index contributed by atoms with van der Waals surface area (Å²) in [6.07, 6.45) is 3.11. The molecule has 0 bridgehead atoms. The normalized spacial score (nSPS) is 10.1. The summed E-state index contributed by atoms with van der Waals surface area (Å²) in [5.41, 5.74) is 1.29. The van der Waals surface area contributed by atoms with E-state index in [0.717, 1.165) is 0 Å². The van der Waals surface area contributed by atoms with Gasteiger partial charge in [-0.2, -0.15) is 0 Å². The van der Waals surface area contributed by atoms with Crippen LogP contribution in [0, 0.1) is 5.82 Å². The molecule has 0 aliphatic heterocycles. The molecular formula is C12H11FN2O. The molecule has 82 valence electrons. The molecule has 2 rings (SSSR count).